The maximum Gasteiger partial charge on any atom is 0.300 e. The SMILES string of the molecule is Cc1ccc(C)c(/C(O)=C2\C(=O)C(=O)N(c3ccccc3)C2c2ccncc2)c1. The Morgan fingerprint density at radius 1 is 0.966 bits per heavy atom. The van der Waals surface area contributed by atoms with Gasteiger partial charge in [-0.2, -0.15) is 0 Å². The van der Waals surface area contributed by atoms with E-state index in [4.69, 9.17) is 0 Å². The molecule has 29 heavy (non-hydrogen) atoms. The minimum Gasteiger partial charge on any atom is -0.507 e. The van der Waals surface area contributed by atoms with Crippen LogP contribution < -0.4 is 4.90 Å². The third-order valence-corrected chi connectivity index (χ3v) is 5.15. The van der Waals surface area contributed by atoms with Crippen LogP contribution in [-0.2, 0) is 9.59 Å². The Bertz CT molecular complexity index is 1120. The number of Topliss-reactive ketones (excluding diaryl/α,β-unsaturated/α-hetero) is 1. The van der Waals surface area contributed by atoms with Gasteiger partial charge in [0.2, 0.25) is 0 Å². The second kappa shape index (κ2) is 7.36. The Balaban J connectivity index is 1.98. The molecule has 1 unspecified atom stereocenters. The van der Waals surface area contributed by atoms with Crippen molar-refractivity contribution in [1.29, 1.82) is 0 Å². The highest BCUT2D eigenvalue weighted by Gasteiger charge is 2.47. The minimum atomic E-state index is -0.736. The topological polar surface area (TPSA) is 70.5 Å². The summed E-state index contributed by atoms with van der Waals surface area (Å²) in [4.78, 5) is 31.5. The number of benzene rings is 2. The fraction of sp³-hybridized carbons (Fsp3) is 0.125. The number of aryl methyl sites for hydroxylation is 2. The van der Waals surface area contributed by atoms with Crippen molar-refractivity contribution in [3.8, 4) is 0 Å². The number of amides is 1. The number of pyridine rings is 1. The van der Waals surface area contributed by atoms with Crippen LogP contribution in [0.2, 0.25) is 0 Å². The van der Waals surface area contributed by atoms with Gasteiger partial charge in [-0.3, -0.25) is 19.5 Å². The van der Waals surface area contributed by atoms with Crippen molar-refractivity contribution in [2.75, 3.05) is 4.90 Å². The molecule has 2 aromatic carbocycles. The molecule has 0 saturated carbocycles. The minimum absolute atomic E-state index is 0.0822. The van der Waals surface area contributed by atoms with E-state index in [0.29, 0.717) is 16.8 Å². The third-order valence-electron chi connectivity index (χ3n) is 5.15. The molecule has 5 nitrogen and oxygen atoms in total. The van der Waals surface area contributed by atoms with Crippen molar-refractivity contribution in [2.45, 2.75) is 19.9 Å². The van der Waals surface area contributed by atoms with Gasteiger partial charge in [-0.05, 0) is 55.3 Å². The number of para-hydroxylation sites is 1. The highest BCUT2D eigenvalue weighted by Crippen LogP contribution is 2.42. The average molecular weight is 384 g/mol. The van der Waals surface area contributed by atoms with E-state index in [1.165, 1.54) is 4.90 Å². The first kappa shape index (κ1) is 18.6. The molecule has 1 amide bonds. The van der Waals surface area contributed by atoms with Crippen LogP contribution in [0.15, 0.2) is 78.6 Å². The van der Waals surface area contributed by atoms with E-state index in [2.05, 4.69) is 4.98 Å². The molecular weight excluding hydrogens is 364 g/mol. The standard InChI is InChI=1S/C24H20N2O3/c1-15-8-9-16(2)19(14-15)22(27)20-21(17-10-12-25-13-11-17)26(24(29)23(20)28)18-6-4-3-5-7-18/h3-14,21,27H,1-2H3/b22-20+. The highest BCUT2D eigenvalue weighted by atomic mass is 16.3. The molecule has 1 aliphatic rings. The molecule has 1 aliphatic heterocycles. The van der Waals surface area contributed by atoms with Gasteiger partial charge in [0.25, 0.3) is 11.7 Å². The lowest BCUT2D eigenvalue weighted by Gasteiger charge is -2.25. The largest absolute Gasteiger partial charge is 0.507 e. The van der Waals surface area contributed by atoms with Crippen molar-refractivity contribution in [3.05, 3.63) is 101 Å². The van der Waals surface area contributed by atoms with Gasteiger partial charge in [0.15, 0.2) is 0 Å². The Kier molecular flexibility index (Phi) is 4.72. The van der Waals surface area contributed by atoms with Crippen molar-refractivity contribution in [2.24, 2.45) is 0 Å². The number of ketones is 1. The van der Waals surface area contributed by atoms with E-state index in [0.717, 1.165) is 11.1 Å². The fourth-order valence-electron chi connectivity index (χ4n) is 3.68. The smallest absolute Gasteiger partial charge is 0.300 e. The number of aromatic nitrogens is 1. The summed E-state index contributed by atoms with van der Waals surface area (Å²) in [6, 6.07) is 17.4. The van der Waals surface area contributed by atoms with Gasteiger partial charge in [0.05, 0.1) is 11.6 Å². The van der Waals surface area contributed by atoms with Gasteiger partial charge >= 0.3 is 0 Å². The zero-order valence-corrected chi connectivity index (χ0v) is 16.2. The lowest BCUT2D eigenvalue weighted by molar-refractivity contribution is -0.132. The number of aliphatic hydroxyl groups excluding tert-OH is 1. The highest BCUT2D eigenvalue weighted by molar-refractivity contribution is 6.51. The van der Waals surface area contributed by atoms with Crippen molar-refractivity contribution in [3.63, 3.8) is 0 Å². The van der Waals surface area contributed by atoms with Gasteiger partial charge in [0, 0.05) is 23.6 Å². The van der Waals surface area contributed by atoms with Crippen LogP contribution in [0.4, 0.5) is 5.69 Å². The van der Waals surface area contributed by atoms with Gasteiger partial charge in [-0.1, -0.05) is 35.9 Å². The van der Waals surface area contributed by atoms with Crippen LogP contribution in [0, 0.1) is 13.8 Å². The predicted octanol–water partition coefficient (Wildman–Crippen LogP) is 4.32. The zero-order chi connectivity index (χ0) is 20.5. The van der Waals surface area contributed by atoms with Gasteiger partial charge in [0.1, 0.15) is 5.76 Å². The summed E-state index contributed by atoms with van der Waals surface area (Å²) in [5.41, 5.74) is 3.71. The first-order chi connectivity index (χ1) is 14.0. The van der Waals surface area contributed by atoms with Crippen LogP contribution in [0.1, 0.15) is 28.3 Å². The first-order valence-electron chi connectivity index (χ1n) is 9.32. The molecule has 1 aromatic heterocycles. The van der Waals surface area contributed by atoms with Gasteiger partial charge in [-0.25, -0.2) is 0 Å². The molecule has 0 aliphatic carbocycles. The number of anilines is 1. The monoisotopic (exact) mass is 384 g/mol. The summed E-state index contributed by atoms with van der Waals surface area (Å²) in [5, 5.41) is 11.2. The van der Waals surface area contributed by atoms with E-state index in [1.807, 2.05) is 50.2 Å². The zero-order valence-electron chi connectivity index (χ0n) is 16.2. The number of hydrogen-bond donors (Lipinski definition) is 1. The Morgan fingerprint density at radius 3 is 2.34 bits per heavy atom. The molecule has 0 radical (unpaired) electrons. The summed E-state index contributed by atoms with van der Waals surface area (Å²) in [5.74, 6) is -1.52. The first-order valence-corrected chi connectivity index (χ1v) is 9.32. The quantitative estimate of drug-likeness (QED) is 0.415. The second-order valence-corrected chi connectivity index (χ2v) is 7.10. The molecule has 1 atom stereocenters. The molecule has 1 fully saturated rings. The van der Waals surface area contributed by atoms with E-state index in [-0.39, 0.29) is 11.3 Å². The molecule has 3 aromatic rings. The molecule has 0 spiro atoms. The second-order valence-electron chi connectivity index (χ2n) is 7.10. The number of carbonyl (C=O) groups is 2. The van der Waals surface area contributed by atoms with Crippen LogP contribution in [0.25, 0.3) is 5.76 Å². The van der Waals surface area contributed by atoms with Crippen LogP contribution in [-0.4, -0.2) is 21.8 Å². The van der Waals surface area contributed by atoms with E-state index in [9.17, 15) is 14.7 Å². The Hall–Kier alpha value is -3.73. The van der Waals surface area contributed by atoms with E-state index < -0.39 is 17.7 Å². The summed E-state index contributed by atoms with van der Waals surface area (Å²) in [7, 11) is 0. The summed E-state index contributed by atoms with van der Waals surface area (Å²) < 4.78 is 0. The Labute approximate surface area is 169 Å². The van der Waals surface area contributed by atoms with Gasteiger partial charge < -0.3 is 5.11 Å². The molecule has 2 heterocycles. The molecular formula is C24H20N2O3. The number of aliphatic hydroxyl groups is 1. The lowest BCUT2D eigenvalue weighted by Crippen LogP contribution is -2.29. The number of nitrogens with zero attached hydrogens (tertiary/aromatic N) is 2. The van der Waals surface area contributed by atoms with Crippen molar-refractivity contribution < 1.29 is 14.7 Å². The molecule has 1 saturated heterocycles. The summed E-state index contributed by atoms with van der Waals surface area (Å²) in [6.45, 7) is 3.78. The molecule has 144 valence electrons. The van der Waals surface area contributed by atoms with E-state index in [1.54, 1.807) is 36.7 Å². The van der Waals surface area contributed by atoms with Crippen LogP contribution in [0.3, 0.4) is 0 Å². The number of hydrogen-bond acceptors (Lipinski definition) is 4. The maximum atomic E-state index is 13.1. The van der Waals surface area contributed by atoms with Gasteiger partial charge in [-0.15, -0.1) is 0 Å². The Morgan fingerprint density at radius 2 is 1.66 bits per heavy atom. The molecule has 1 N–H and O–H groups in total. The number of rotatable bonds is 3. The van der Waals surface area contributed by atoms with Crippen molar-refractivity contribution in [1.82, 2.24) is 4.98 Å². The average Bonchev–Trinajstić information content (AvgIpc) is 3.01. The fourth-order valence-corrected chi connectivity index (χ4v) is 3.68. The van der Waals surface area contributed by atoms with Crippen molar-refractivity contribution >= 4 is 23.1 Å². The third kappa shape index (κ3) is 3.21. The van der Waals surface area contributed by atoms with E-state index >= 15 is 0 Å². The van der Waals surface area contributed by atoms with Crippen LogP contribution >= 0.6 is 0 Å². The molecule has 5 heteroatoms. The number of carbonyl (C=O) groups excluding carboxylic acids is 2. The summed E-state index contributed by atoms with van der Waals surface area (Å²) in [6.07, 6.45) is 3.22. The normalized spacial score (nSPS) is 18.3. The predicted molar refractivity (Wildman–Crippen MR) is 111 cm³/mol. The summed E-state index contributed by atoms with van der Waals surface area (Å²) >= 11 is 0. The van der Waals surface area contributed by atoms with Crippen LogP contribution in [0.5, 0.6) is 0 Å². The molecule has 0 bridgehead atoms. The lowest BCUT2D eigenvalue weighted by atomic mass is 9.93. The maximum absolute atomic E-state index is 13.1. The molecule has 4 rings (SSSR count).